The summed E-state index contributed by atoms with van der Waals surface area (Å²) < 4.78 is 5.25. The fourth-order valence-electron chi connectivity index (χ4n) is 1.40. The van der Waals surface area contributed by atoms with Gasteiger partial charge in [-0.2, -0.15) is 4.68 Å². The van der Waals surface area contributed by atoms with Crippen LogP contribution in [0.2, 0.25) is 5.02 Å². The zero-order valence-electron chi connectivity index (χ0n) is 8.94. The molecule has 0 spiro atoms. The molecule has 17 heavy (non-hydrogen) atoms. The second-order valence-electron chi connectivity index (χ2n) is 3.32. The Hall–Kier alpha value is -2.01. The van der Waals surface area contributed by atoms with E-state index in [1.165, 1.54) is 13.2 Å². The molecule has 5 nitrogen and oxygen atoms in total. The minimum Gasteiger partial charge on any atom is -0.451 e. The summed E-state index contributed by atoms with van der Waals surface area (Å²) in [5, 5.41) is 3.25. The fourth-order valence-corrected chi connectivity index (χ4v) is 1.53. The number of rotatable bonds is 1. The predicted octanol–water partition coefficient (Wildman–Crippen LogP) is 2.11. The second-order valence-corrected chi connectivity index (χ2v) is 3.76. The number of carbonyl (C=O) groups is 1. The van der Waals surface area contributed by atoms with Crippen molar-refractivity contribution in [1.82, 2.24) is 9.78 Å². The van der Waals surface area contributed by atoms with Crippen LogP contribution in [0, 0.1) is 0 Å². The third-order valence-corrected chi connectivity index (χ3v) is 2.48. The number of nitrogens with zero attached hydrogens (tertiary/aromatic N) is 1. The number of methoxy groups -OCH3 is 1. The van der Waals surface area contributed by atoms with Crippen molar-refractivity contribution in [2.24, 2.45) is 0 Å². The molecular formula is C11H9ClN2O3. The van der Waals surface area contributed by atoms with Gasteiger partial charge in [-0.1, -0.05) is 23.7 Å². The van der Waals surface area contributed by atoms with Gasteiger partial charge in [0, 0.05) is 11.1 Å². The van der Waals surface area contributed by atoms with E-state index in [9.17, 15) is 9.59 Å². The topological polar surface area (TPSA) is 64.1 Å². The summed E-state index contributed by atoms with van der Waals surface area (Å²) in [6, 6.07) is 8.21. The molecule has 0 saturated carbocycles. The number of benzene rings is 1. The van der Waals surface area contributed by atoms with E-state index in [1.54, 1.807) is 24.3 Å². The van der Waals surface area contributed by atoms with Crippen LogP contribution >= 0.6 is 11.6 Å². The minimum absolute atomic E-state index is 0.471. The first-order chi connectivity index (χ1) is 8.11. The Labute approximate surface area is 102 Å². The molecule has 0 amide bonds. The molecule has 88 valence electrons. The van der Waals surface area contributed by atoms with E-state index in [4.69, 9.17) is 11.6 Å². The lowest BCUT2D eigenvalue weighted by Gasteiger charge is -1.99. The monoisotopic (exact) mass is 252 g/mol. The Morgan fingerprint density at radius 3 is 2.59 bits per heavy atom. The van der Waals surface area contributed by atoms with Gasteiger partial charge >= 0.3 is 6.09 Å². The molecule has 1 aromatic carbocycles. The molecular weight excluding hydrogens is 244 g/mol. The number of carbonyl (C=O) groups excluding carboxylic acids is 1. The highest BCUT2D eigenvalue weighted by Crippen LogP contribution is 2.18. The lowest BCUT2D eigenvalue weighted by Crippen LogP contribution is -2.24. The van der Waals surface area contributed by atoms with E-state index in [2.05, 4.69) is 9.84 Å². The molecule has 0 fully saturated rings. The lowest BCUT2D eigenvalue weighted by atomic mass is 10.2. The van der Waals surface area contributed by atoms with Crippen molar-refractivity contribution in [2.45, 2.75) is 0 Å². The SMILES string of the molecule is COC(=O)n1[nH]c(-c2ccc(Cl)cc2)cc1=O. The molecule has 0 bridgehead atoms. The number of aromatic amines is 1. The van der Waals surface area contributed by atoms with E-state index >= 15 is 0 Å². The molecule has 2 aromatic rings. The fraction of sp³-hybridized carbons (Fsp3) is 0.0909. The summed E-state index contributed by atoms with van der Waals surface area (Å²) in [6.45, 7) is 0. The predicted molar refractivity (Wildman–Crippen MR) is 63.3 cm³/mol. The standard InChI is InChI=1S/C11H9ClN2O3/c1-17-11(16)14-10(15)6-9(13-14)7-2-4-8(12)5-3-7/h2-6,13H,1H3. The average molecular weight is 253 g/mol. The van der Waals surface area contributed by atoms with Crippen molar-refractivity contribution in [3.63, 3.8) is 0 Å². The van der Waals surface area contributed by atoms with Crippen molar-refractivity contribution < 1.29 is 9.53 Å². The summed E-state index contributed by atoms with van der Waals surface area (Å²) in [4.78, 5) is 22.7. The van der Waals surface area contributed by atoms with Gasteiger partial charge in [0.2, 0.25) is 0 Å². The average Bonchev–Trinajstić information content (AvgIpc) is 2.71. The zero-order valence-corrected chi connectivity index (χ0v) is 9.69. The molecule has 0 unspecified atom stereocenters. The van der Waals surface area contributed by atoms with E-state index in [1.807, 2.05) is 0 Å². The number of aromatic nitrogens is 2. The van der Waals surface area contributed by atoms with Gasteiger partial charge in [0.15, 0.2) is 0 Å². The summed E-state index contributed by atoms with van der Waals surface area (Å²) in [7, 11) is 1.21. The molecule has 2 rings (SSSR count). The molecule has 0 saturated heterocycles. The van der Waals surface area contributed by atoms with Crippen LogP contribution < -0.4 is 5.56 Å². The summed E-state index contributed by atoms with van der Waals surface area (Å²) in [6.07, 6.45) is -0.754. The van der Waals surface area contributed by atoms with Crippen molar-refractivity contribution >= 4 is 17.7 Å². The molecule has 0 radical (unpaired) electrons. The Kier molecular flexibility index (Phi) is 3.01. The molecule has 0 aliphatic heterocycles. The Morgan fingerprint density at radius 2 is 2.00 bits per heavy atom. The Bertz CT molecular complexity index is 598. The minimum atomic E-state index is -0.754. The maximum atomic E-state index is 11.5. The van der Waals surface area contributed by atoms with Gasteiger partial charge in [0.05, 0.1) is 12.8 Å². The Balaban J connectivity index is 2.44. The highest BCUT2D eigenvalue weighted by molar-refractivity contribution is 6.30. The third-order valence-electron chi connectivity index (χ3n) is 2.23. The van der Waals surface area contributed by atoms with Gasteiger partial charge in [-0.25, -0.2) is 4.79 Å². The van der Waals surface area contributed by atoms with Crippen LogP contribution in [0.5, 0.6) is 0 Å². The third kappa shape index (κ3) is 2.24. The summed E-state index contributed by atoms with van der Waals surface area (Å²) >= 11 is 5.76. The normalized spacial score (nSPS) is 10.2. The van der Waals surface area contributed by atoms with Gasteiger partial charge in [0.25, 0.3) is 5.56 Å². The van der Waals surface area contributed by atoms with Crippen molar-refractivity contribution in [3.8, 4) is 11.3 Å². The van der Waals surface area contributed by atoms with E-state index in [-0.39, 0.29) is 0 Å². The number of ether oxygens (including phenoxy) is 1. The number of hydrogen-bond acceptors (Lipinski definition) is 3. The molecule has 0 atom stereocenters. The van der Waals surface area contributed by atoms with Crippen LogP contribution in [0.4, 0.5) is 4.79 Å². The Morgan fingerprint density at radius 1 is 1.35 bits per heavy atom. The molecule has 0 aliphatic carbocycles. The van der Waals surface area contributed by atoms with Crippen LogP contribution in [0.15, 0.2) is 35.1 Å². The number of hydrogen-bond donors (Lipinski definition) is 1. The molecule has 1 N–H and O–H groups in total. The van der Waals surface area contributed by atoms with Crippen LogP contribution in [-0.4, -0.2) is 23.0 Å². The van der Waals surface area contributed by atoms with Crippen LogP contribution in [0.1, 0.15) is 0 Å². The first-order valence-corrected chi connectivity index (χ1v) is 5.16. The second kappa shape index (κ2) is 4.47. The van der Waals surface area contributed by atoms with Gasteiger partial charge in [0.1, 0.15) is 0 Å². The van der Waals surface area contributed by atoms with Crippen molar-refractivity contribution in [3.05, 3.63) is 45.7 Å². The maximum absolute atomic E-state index is 11.5. The summed E-state index contributed by atoms with van der Waals surface area (Å²) in [5.41, 5.74) is 0.813. The summed E-state index contributed by atoms with van der Waals surface area (Å²) in [5.74, 6) is 0. The quantitative estimate of drug-likeness (QED) is 0.845. The maximum Gasteiger partial charge on any atom is 0.435 e. The van der Waals surface area contributed by atoms with Gasteiger partial charge in [-0.15, -0.1) is 0 Å². The highest BCUT2D eigenvalue weighted by Gasteiger charge is 2.11. The molecule has 6 heteroatoms. The lowest BCUT2D eigenvalue weighted by molar-refractivity contribution is 0.168. The number of nitrogens with one attached hydrogen (secondary N) is 1. The van der Waals surface area contributed by atoms with Gasteiger partial charge < -0.3 is 4.74 Å². The van der Waals surface area contributed by atoms with Crippen LogP contribution in [-0.2, 0) is 4.74 Å². The van der Waals surface area contributed by atoms with Crippen molar-refractivity contribution in [1.29, 1.82) is 0 Å². The highest BCUT2D eigenvalue weighted by atomic mass is 35.5. The first kappa shape index (κ1) is 11.5. The smallest absolute Gasteiger partial charge is 0.435 e. The van der Waals surface area contributed by atoms with E-state index in [0.717, 1.165) is 10.2 Å². The van der Waals surface area contributed by atoms with Crippen LogP contribution in [0.3, 0.4) is 0 Å². The largest absolute Gasteiger partial charge is 0.451 e. The number of H-pyrrole nitrogens is 1. The zero-order chi connectivity index (χ0) is 12.4. The van der Waals surface area contributed by atoms with Gasteiger partial charge in [-0.05, 0) is 17.7 Å². The number of halogens is 1. The van der Waals surface area contributed by atoms with Crippen LogP contribution in [0.25, 0.3) is 11.3 Å². The van der Waals surface area contributed by atoms with Gasteiger partial charge in [-0.3, -0.25) is 9.89 Å². The first-order valence-electron chi connectivity index (χ1n) is 4.78. The van der Waals surface area contributed by atoms with Crippen molar-refractivity contribution in [2.75, 3.05) is 7.11 Å². The molecule has 0 aliphatic rings. The van der Waals surface area contributed by atoms with E-state index < -0.39 is 11.7 Å². The van der Waals surface area contributed by atoms with E-state index in [0.29, 0.717) is 10.7 Å². The molecule has 1 heterocycles. The molecule has 1 aromatic heterocycles.